The fourth-order valence-electron chi connectivity index (χ4n) is 7.69. The second-order valence-electron chi connectivity index (χ2n) is 13.1. The molecule has 2 aliphatic rings. The second kappa shape index (κ2) is 15.0. The van der Waals surface area contributed by atoms with Gasteiger partial charge < -0.3 is 9.13 Å². The maximum absolute atomic E-state index is 10.7. The molecule has 2 aromatic heterocycles. The quantitative estimate of drug-likeness (QED) is 0.182. The molecule has 0 radical (unpaired) electrons. The minimum absolute atomic E-state index is 0.425. The van der Waals surface area contributed by atoms with Crippen molar-refractivity contribution in [2.45, 2.75) is 46.0 Å². The van der Waals surface area contributed by atoms with Gasteiger partial charge in [0.1, 0.15) is 5.69 Å². The third-order valence-corrected chi connectivity index (χ3v) is 10.0. The van der Waals surface area contributed by atoms with Crippen LogP contribution in [0.5, 0.6) is 0 Å². The highest BCUT2D eigenvalue weighted by molar-refractivity contribution is 5.87. The van der Waals surface area contributed by atoms with E-state index in [9.17, 15) is 10.5 Å². The summed E-state index contributed by atoms with van der Waals surface area (Å²) in [5.74, 6) is 8.48. The van der Waals surface area contributed by atoms with Gasteiger partial charge in [0, 0.05) is 44.6 Å². The van der Waals surface area contributed by atoms with E-state index in [-0.39, 0.29) is 0 Å². The molecule has 0 amide bonds. The maximum atomic E-state index is 10.7. The van der Waals surface area contributed by atoms with E-state index in [2.05, 4.69) is 90.0 Å². The molecule has 0 bridgehead atoms. The molecule has 0 saturated heterocycles. The van der Waals surface area contributed by atoms with E-state index in [1.165, 1.54) is 0 Å². The molecule has 1 unspecified atom stereocenters. The van der Waals surface area contributed by atoms with Gasteiger partial charge in [-0.1, -0.05) is 85.4 Å². The van der Waals surface area contributed by atoms with Gasteiger partial charge in [-0.2, -0.15) is 10.5 Å². The normalized spacial score (nSPS) is 16.4. The van der Waals surface area contributed by atoms with Crippen molar-refractivity contribution in [2.24, 2.45) is 0 Å². The van der Waals surface area contributed by atoms with Crippen molar-refractivity contribution >= 4 is 36.0 Å². The van der Waals surface area contributed by atoms with Crippen LogP contribution in [0.2, 0.25) is 0 Å². The molecule has 4 nitrogen and oxygen atoms in total. The maximum Gasteiger partial charge on any atom is 0.104 e. The molecule has 0 fully saturated rings. The summed E-state index contributed by atoms with van der Waals surface area (Å²) in [5, 5.41) is 20.9. The van der Waals surface area contributed by atoms with E-state index in [1.807, 2.05) is 86.1 Å². The summed E-state index contributed by atoms with van der Waals surface area (Å²) in [4.78, 5) is 0. The fourth-order valence-corrected chi connectivity index (χ4v) is 7.69. The molecule has 0 spiro atoms. The fraction of sp³-hybridized carbons (Fsp3) is 0.143. The molecule has 2 aromatic carbocycles. The zero-order valence-corrected chi connectivity index (χ0v) is 30.4. The van der Waals surface area contributed by atoms with Crippen LogP contribution in [0.15, 0.2) is 90.6 Å². The van der Waals surface area contributed by atoms with E-state index in [0.29, 0.717) is 23.3 Å². The molecule has 4 heteroatoms. The first kappa shape index (κ1) is 35.7. The van der Waals surface area contributed by atoms with Crippen molar-refractivity contribution < 1.29 is 0 Å². The Morgan fingerprint density at radius 1 is 0.849 bits per heavy atom. The van der Waals surface area contributed by atoms with Gasteiger partial charge in [-0.3, -0.25) is 0 Å². The van der Waals surface area contributed by atoms with Crippen molar-refractivity contribution in [1.29, 1.82) is 10.5 Å². The van der Waals surface area contributed by atoms with Gasteiger partial charge in [0.15, 0.2) is 0 Å². The lowest BCUT2D eigenvalue weighted by Crippen LogP contribution is -2.28. The molecular weight excluding hydrogens is 645 g/mol. The molecule has 53 heavy (non-hydrogen) atoms. The van der Waals surface area contributed by atoms with Crippen LogP contribution in [0.1, 0.15) is 95.3 Å². The van der Waals surface area contributed by atoms with Crippen molar-refractivity contribution in [1.82, 2.24) is 9.13 Å². The largest absolute Gasteiger partial charge is 0.309 e. The van der Waals surface area contributed by atoms with Gasteiger partial charge in [0.25, 0.3) is 0 Å². The van der Waals surface area contributed by atoms with E-state index >= 15 is 0 Å². The molecular formula is C49H38N4. The third-order valence-electron chi connectivity index (χ3n) is 10.0. The lowest BCUT2D eigenvalue weighted by atomic mass is 9.66. The summed E-state index contributed by atoms with van der Waals surface area (Å²) in [6, 6.07) is 19.0. The number of nitrogens with zero attached hydrogens (tertiary/aromatic N) is 4. The summed E-state index contributed by atoms with van der Waals surface area (Å²) < 4.78 is 4.25. The topological polar surface area (TPSA) is 57.4 Å². The second-order valence-corrected chi connectivity index (χ2v) is 13.1. The Hall–Kier alpha value is -7.16. The number of benzene rings is 2. The highest BCUT2D eigenvalue weighted by Gasteiger charge is 2.38. The van der Waals surface area contributed by atoms with Crippen LogP contribution in [0.3, 0.4) is 0 Å². The minimum Gasteiger partial charge on any atom is -0.309 e. The van der Waals surface area contributed by atoms with Crippen LogP contribution in [-0.4, -0.2) is 9.13 Å². The molecule has 1 atom stereocenters. The van der Waals surface area contributed by atoms with Crippen molar-refractivity contribution in [2.75, 3.05) is 0 Å². The predicted molar refractivity (Wildman–Crippen MR) is 220 cm³/mol. The van der Waals surface area contributed by atoms with Crippen LogP contribution in [0.4, 0.5) is 0 Å². The first-order valence-corrected chi connectivity index (χ1v) is 17.5. The van der Waals surface area contributed by atoms with Crippen molar-refractivity contribution in [3.63, 3.8) is 0 Å². The van der Waals surface area contributed by atoms with E-state index in [0.717, 1.165) is 73.8 Å². The van der Waals surface area contributed by atoms with E-state index < -0.39 is 5.41 Å². The molecule has 0 N–H and O–H groups in total. The predicted octanol–water partition coefficient (Wildman–Crippen LogP) is 10.7. The average Bonchev–Trinajstić information content (AvgIpc) is 3.48. The Kier molecular flexibility index (Phi) is 10.1. The summed E-state index contributed by atoms with van der Waals surface area (Å²) >= 11 is 0. The van der Waals surface area contributed by atoms with Gasteiger partial charge in [0.05, 0.1) is 40.3 Å². The highest BCUT2D eigenvalue weighted by atomic mass is 15.0. The Morgan fingerprint density at radius 3 is 2.32 bits per heavy atom. The number of nitriles is 2. The number of aromatic nitrogens is 2. The number of allylic oxidation sites excluding steroid dienone is 9. The van der Waals surface area contributed by atoms with Gasteiger partial charge in [-0.25, -0.2) is 0 Å². The van der Waals surface area contributed by atoms with Crippen LogP contribution in [-0.2, 0) is 5.41 Å². The molecule has 254 valence electrons. The van der Waals surface area contributed by atoms with E-state index in [4.69, 9.17) is 19.3 Å². The Morgan fingerprint density at radius 2 is 1.62 bits per heavy atom. The Bertz CT molecular complexity index is 2600. The Labute approximate surface area is 313 Å². The highest BCUT2D eigenvalue weighted by Crippen LogP contribution is 2.49. The van der Waals surface area contributed by atoms with E-state index in [1.54, 1.807) is 6.08 Å². The summed E-state index contributed by atoms with van der Waals surface area (Å²) in [6.07, 6.45) is 43.2. The number of hydrogen-bond donors (Lipinski definition) is 0. The van der Waals surface area contributed by atoms with Crippen LogP contribution < -0.4 is 0 Å². The zero-order valence-electron chi connectivity index (χ0n) is 30.4. The summed E-state index contributed by atoms with van der Waals surface area (Å²) in [5.41, 5.74) is 11.8. The lowest BCUT2D eigenvalue weighted by molar-refractivity contribution is 0.608. The van der Waals surface area contributed by atoms with Gasteiger partial charge in [-0.15, -0.1) is 19.3 Å². The molecule has 6 rings (SSSR count). The van der Waals surface area contributed by atoms with Crippen molar-refractivity contribution in [3.8, 4) is 60.5 Å². The molecule has 4 aromatic rings. The SMILES string of the molecule is C#C/C=C\c1c(/C=C\C)c(C#C)n(-c2cccc(C#N)c2C2=CC=C(C#N)CC2(C)c2cccc(-n3c4c(c(C#C)c3/C=C\C)C=CCC=C4)c2)c1C. The molecule has 2 aliphatic carbocycles. The number of fused-ring (bicyclic) bond motifs is 1. The number of hydrogen-bond acceptors (Lipinski definition) is 2. The summed E-state index contributed by atoms with van der Waals surface area (Å²) in [7, 11) is 0. The van der Waals surface area contributed by atoms with Crippen LogP contribution in [0, 0.1) is 66.6 Å². The Balaban J connectivity index is 1.65. The van der Waals surface area contributed by atoms with Gasteiger partial charge in [0.2, 0.25) is 0 Å². The smallest absolute Gasteiger partial charge is 0.104 e. The molecule has 0 saturated carbocycles. The monoisotopic (exact) mass is 682 g/mol. The van der Waals surface area contributed by atoms with Crippen LogP contribution in [0.25, 0.3) is 47.3 Å². The lowest BCUT2D eigenvalue weighted by Gasteiger charge is -2.37. The summed E-state index contributed by atoms with van der Waals surface area (Å²) in [6.45, 7) is 8.09. The average molecular weight is 683 g/mol. The van der Waals surface area contributed by atoms with Gasteiger partial charge >= 0.3 is 0 Å². The number of rotatable bonds is 7. The molecule has 0 aliphatic heterocycles. The first-order chi connectivity index (χ1) is 25.8. The minimum atomic E-state index is -0.733. The standard InChI is InChI=1S/C49H38N4/c1-8-13-24-40-34(6)52(44(12-5)41(40)19-9-2)47-27-17-21-36(33-51)48(47)43-29-28-35(32-50)31-49(43,7)37-22-18-23-38(30-37)53-45(20-10-3)39(11-4)42-25-15-14-16-26-46(42)53/h1,4-5,9-10,13,15-30H,14,31H2,2-3,6-7H3/b19-9-,20-10-,24-13-. The third kappa shape index (κ3) is 6.03. The first-order valence-electron chi connectivity index (χ1n) is 17.5. The van der Waals surface area contributed by atoms with Crippen LogP contribution >= 0.6 is 0 Å². The van der Waals surface area contributed by atoms with Gasteiger partial charge in [-0.05, 0) is 99.4 Å². The zero-order chi connectivity index (χ0) is 37.7. The number of terminal acetylenes is 3. The van der Waals surface area contributed by atoms with Crippen molar-refractivity contribution in [3.05, 3.63) is 152 Å². The molecule has 2 heterocycles.